The van der Waals surface area contributed by atoms with Crippen molar-refractivity contribution in [1.29, 1.82) is 0 Å². The third-order valence-corrected chi connectivity index (χ3v) is 4.03. The zero-order chi connectivity index (χ0) is 20.1. The first-order valence-electron chi connectivity index (χ1n) is 7.93. The van der Waals surface area contributed by atoms with Gasteiger partial charge in [-0.05, 0) is 43.2 Å². The number of halogens is 1. The highest BCUT2D eigenvalue weighted by atomic mass is 35.5. The van der Waals surface area contributed by atoms with Crippen LogP contribution in [0.15, 0.2) is 30.3 Å². The summed E-state index contributed by atoms with van der Waals surface area (Å²) in [6.45, 7) is 3.12. The molecule has 9 heteroatoms. The predicted octanol–water partition coefficient (Wildman–Crippen LogP) is 3.70. The molecule has 2 rings (SSSR count). The lowest BCUT2D eigenvalue weighted by atomic mass is 10.1. The standard InChI is InChI=1S/C18H18ClN3O5/c1-10-6-11(2)17(13(19)7-10)21-16(23)9-27-18(24)12-4-5-14(20-3)15(8-12)22(25)26/h4-8,20H,9H2,1-3H3,(H,21,23). The number of carbonyl (C=O) groups excluding carboxylic acids is 2. The van der Waals surface area contributed by atoms with Gasteiger partial charge in [-0.15, -0.1) is 0 Å². The monoisotopic (exact) mass is 391 g/mol. The summed E-state index contributed by atoms with van der Waals surface area (Å²) in [4.78, 5) is 34.6. The molecule has 0 spiro atoms. The Kier molecular flexibility index (Phi) is 6.36. The smallest absolute Gasteiger partial charge is 0.338 e. The molecule has 0 fully saturated rings. The van der Waals surface area contributed by atoms with Crippen molar-refractivity contribution in [1.82, 2.24) is 0 Å². The fraction of sp³-hybridized carbons (Fsp3) is 0.222. The normalized spacial score (nSPS) is 10.2. The van der Waals surface area contributed by atoms with E-state index >= 15 is 0 Å². The number of nitro groups is 1. The highest BCUT2D eigenvalue weighted by Gasteiger charge is 2.19. The SMILES string of the molecule is CNc1ccc(C(=O)OCC(=O)Nc2c(C)cc(C)cc2Cl)cc1[N+](=O)[O-]. The van der Waals surface area contributed by atoms with E-state index in [1.54, 1.807) is 13.0 Å². The number of esters is 1. The van der Waals surface area contributed by atoms with Gasteiger partial charge in [-0.25, -0.2) is 4.79 Å². The number of aryl methyl sites for hydroxylation is 2. The maximum atomic E-state index is 12.1. The predicted molar refractivity (Wildman–Crippen MR) is 102 cm³/mol. The van der Waals surface area contributed by atoms with Gasteiger partial charge in [0.1, 0.15) is 5.69 Å². The Morgan fingerprint density at radius 1 is 1.22 bits per heavy atom. The number of ether oxygens (including phenoxy) is 1. The number of rotatable bonds is 6. The van der Waals surface area contributed by atoms with E-state index in [9.17, 15) is 19.7 Å². The first-order valence-corrected chi connectivity index (χ1v) is 8.30. The van der Waals surface area contributed by atoms with E-state index in [0.29, 0.717) is 10.7 Å². The van der Waals surface area contributed by atoms with Crippen LogP contribution in [-0.4, -0.2) is 30.5 Å². The van der Waals surface area contributed by atoms with Gasteiger partial charge in [0, 0.05) is 13.1 Å². The van der Waals surface area contributed by atoms with Crippen molar-refractivity contribution < 1.29 is 19.2 Å². The molecular weight excluding hydrogens is 374 g/mol. The second-order valence-corrected chi connectivity index (χ2v) is 6.21. The average molecular weight is 392 g/mol. The molecule has 27 heavy (non-hydrogen) atoms. The van der Waals surface area contributed by atoms with Crippen molar-refractivity contribution in [3.63, 3.8) is 0 Å². The molecular formula is C18H18ClN3O5. The molecule has 0 saturated heterocycles. The molecule has 0 aliphatic rings. The van der Waals surface area contributed by atoms with Crippen molar-refractivity contribution in [2.45, 2.75) is 13.8 Å². The van der Waals surface area contributed by atoms with Crippen molar-refractivity contribution in [3.05, 3.63) is 62.2 Å². The molecule has 8 nitrogen and oxygen atoms in total. The summed E-state index contributed by atoms with van der Waals surface area (Å²) in [5.41, 5.74) is 2.14. The van der Waals surface area contributed by atoms with E-state index in [-0.39, 0.29) is 16.9 Å². The van der Waals surface area contributed by atoms with Crippen LogP contribution < -0.4 is 10.6 Å². The van der Waals surface area contributed by atoms with Crippen LogP contribution in [0.5, 0.6) is 0 Å². The first kappa shape index (κ1) is 20.2. The number of amides is 1. The summed E-state index contributed by atoms with van der Waals surface area (Å²) in [6, 6.07) is 7.42. The Balaban J connectivity index is 2.04. The quantitative estimate of drug-likeness (QED) is 0.441. The summed E-state index contributed by atoms with van der Waals surface area (Å²) in [7, 11) is 1.53. The molecule has 142 valence electrons. The summed E-state index contributed by atoms with van der Waals surface area (Å²) >= 11 is 6.12. The Labute approximate surface area is 160 Å². The first-order chi connectivity index (χ1) is 12.7. The van der Waals surface area contributed by atoms with E-state index in [1.165, 1.54) is 19.2 Å². The van der Waals surface area contributed by atoms with Crippen molar-refractivity contribution in [2.75, 3.05) is 24.3 Å². The molecule has 1 amide bonds. The van der Waals surface area contributed by atoms with Crippen LogP contribution in [0.1, 0.15) is 21.5 Å². The molecule has 0 aliphatic heterocycles. The summed E-state index contributed by atoms with van der Waals surface area (Å²) in [6.07, 6.45) is 0. The highest BCUT2D eigenvalue weighted by molar-refractivity contribution is 6.34. The van der Waals surface area contributed by atoms with Gasteiger partial charge in [0.05, 0.1) is 21.2 Å². The lowest BCUT2D eigenvalue weighted by molar-refractivity contribution is -0.384. The molecule has 2 aromatic carbocycles. The minimum atomic E-state index is -0.845. The van der Waals surface area contributed by atoms with E-state index < -0.39 is 23.4 Å². The van der Waals surface area contributed by atoms with E-state index in [1.807, 2.05) is 13.0 Å². The number of hydrogen-bond acceptors (Lipinski definition) is 6. The van der Waals surface area contributed by atoms with E-state index in [0.717, 1.165) is 17.2 Å². The molecule has 0 atom stereocenters. The topological polar surface area (TPSA) is 111 Å². The second kappa shape index (κ2) is 8.50. The zero-order valence-corrected chi connectivity index (χ0v) is 15.7. The molecule has 2 N–H and O–H groups in total. The van der Waals surface area contributed by atoms with Gasteiger partial charge in [-0.1, -0.05) is 17.7 Å². The van der Waals surface area contributed by atoms with Crippen LogP contribution in [0.4, 0.5) is 17.1 Å². The van der Waals surface area contributed by atoms with Crippen LogP contribution in [0.3, 0.4) is 0 Å². The Hall–Kier alpha value is -3.13. The average Bonchev–Trinajstić information content (AvgIpc) is 2.62. The number of benzene rings is 2. The second-order valence-electron chi connectivity index (χ2n) is 5.80. The maximum Gasteiger partial charge on any atom is 0.338 e. The maximum absolute atomic E-state index is 12.1. The third kappa shape index (κ3) is 4.95. The zero-order valence-electron chi connectivity index (χ0n) is 15.0. The fourth-order valence-electron chi connectivity index (χ4n) is 2.49. The summed E-state index contributed by atoms with van der Waals surface area (Å²) in [5.74, 6) is -1.42. The van der Waals surface area contributed by atoms with Gasteiger partial charge in [-0.3, -0.25) is 14.9 Å². The molecule has 0 heterocycles. The van der Waals surface area contributed by atoms with E-state index in [4.69, 9.17) is 16.3 Å². The minimum Gasteiger partial charge on any atom is -0.452 e. The highest BCUT2D eigenvalue weighted by Crippen LogP contribution is 2.27. The minimum absolute atomic E-state index is 0.0296. The van der Waals surface area contributed by atoms with Gasteiger partial charge in [0.15, 0.2) is 6.61 Å². The lowest BCUT2D eigenvalue weighted by Crippen LogP contribution is -2.21. The van der Waals surface area contributed by atoms with Crippen molar-refractivity contribution in [2.24, 2.45) is 0 Å². The van der Waals surface area contributed by atoms with Crippen LogP contribution in [0.2, 0.25) is 5.02 Å². The van der Waals surface area contributed by atoms with Crippen molar-refractivity contribution >= 4 is 40.5 Å². The van der Waals surface area contributed by atoms with Gasteiger partial charge >= 0.3 is 5.97 Å². The fourth-order valence-corrected chi connectivity index (χ4v) is 2.85. The number of nitrogens with one attached hydrogen (secondary N) is 2. The van der Waals surface area contributed by atoms with Crippen molar-refractivity contribution in [3.8, 4) is 0 Å². The molecule has 0 unspecified atom stereocenters. The molecule has 0 aromatic heterocycles. The molecule has 0 bridgehead atoms. The van der Waals surface area contributed by atoms with Crippen LogP contribution >= 0.6 is 11.6 Å². The number of anilines is 2. The van der Waals surface area contributed by atoms with Crippen LogP contribution in [-0.2, 0) is 9.53 Å². The Morgan fingerprint density at radius 2 is 1.93 bits per heavy atom. The van der Waals surface area contributed by atoms with Gasteiger partial charge in [-0.2, -0.15) is 0 Å². The number of nitro benzene ring substituents is 1. The van der Waals surface area contributed by atoms with Gasteiger partial charge in [0.2, 0.25) is 0 Å². The largest absolute Gasteiger partial charge is 0.452 e. The number of carbonyl (C=O) groups is 2. The number of hydrogen-bond donors (Lipinski definition) is 2. The van der Waals surface area contributed by atoms with Crippen LogP contribution in [0, 0.1) is 24.0 Å². The van der Waals surface area contributed by atoms with Gasteiger partial charge in [0.25, 0.3) is 11.6 Å². The molecule has 0 radical (unpaired) electrons. The third-order valence-electron chi connectivity index (χ3n) is 3.73. The molecule has 2 aromatic rings. The Bertz CT molecular complexity index is 891. The molecule has 0 saturated carbocycles. The Morgan fingerprint density at radius 3 is 2.52 bits per heavy atom. The number of nitrogens with zero attached hydrogens (tertiary/aromatic N) is 1. The van der Waals surface area contributed by atoms with Gasteiger partial charge < -0.3 is 15.4 Å². The molecule has 0 aliphatic carbocycles. The summed E-state index contributed by atoms with van der Waals surface area (Å²) in [5, 5.41) is 16.7. The summed E-state index contributed by atoms with van der Waals surface area (Å²) < 4.78 is 4.94. The lowest BCUT2D eigenvalue weighted by Gasteiger charge is -2.12. The van der Waals surface area contributed by atoms with Crippen LogP contribution in [0.25, 0.3) is 0 Å². The van der Waals surface area contributed by atoms with E-state index in [2.05, 4.69) is 10.6 Å².